The van der Waals surface area contributed by atoms with Crippen molar-refractivity contribution in [1.29, 1.82) is 0 Å². The van der Waals surface area contributed by atoms with Crippen LogP contribution >= 0.6 is 0 Å². The van der Waals surface area contributed by atoms with Gasteiger partial charge in [0.05, 0.1) is 0 Å². The first-order valence-corrected chi connectivity index (χ1v) is 5.63. The maximum Gasteiger partial charge on any atom is 0.181 e. The Morgan fingerprint density at radius 1 is 1.18 bits per heavy atom. The van der Waals surface area contributed by atoms with Crippen LogP contribution in [0.4, 0.5) is 0 Å². The zero-order chi connectivity index (χ0) is 12.3. The van der Waals surface area contributed by atoms with Gasteiger partial charge in [-0.2, -0.15) is 0 Å². The van der Waals surface area contributed by atoms with Gasteiger partial charge >= 0.3 is 0 Å². The molecule has 1 heterocycles. The van der Waals surface area contributed by atoms with Crippen molar-refractivity contribution in [1.82, 2.24) is 4.57 Å². The third-order valence-corrected chi connectivity index (χ3v) is 2.86. The quantitative estimate of drug-likeness (QED) is 0.868. The first-order valence-electron chi connectivity index (χ1n) is 5.63. The molecule has 3 heteroatoms. The van der Waals surface area contributed by atoms with E-state index in [-0.39, 0.29) is 5.43 Å². The van der Waals surface area contributed by atoms with Crippen molar-refractivity contribution < 1.29 is 0 Å². The van der Waals surface area contributed by atoms with Crippen molar-refractivity contribution in [2.75, 3.05) is 0 Å². The third-order valence-electron chi connectivity index (χ3n) is 2.86. The van der Waals surface area contributed by atoms with E-state index in [1.54, 1.807) is 24.5 Å². The molecular weight excluding hydrogens is 212 g/mol. The Hall–Kier alpha value is -1.87. The lowest BCUT2D eigenvalue weighted by atomic mass is 10.1. The Labute approximate surface area is 101 Å². The number of hydrogen-bond donors (Lipinski definition) is 1. The van der Waals surface area contributed by atoms with Crippen molar-refractivity contribution in [2.24, 2.45) is 5.73 Å². The molecule has 3 nitrogen and oxygen atoms in total. The molecule has 17 heavy (non-hydrogen) atoms. The van der Waals surface area contributed by atoms with E-state index in [1.165, 1.54) is 11.1 Å². The number of rotatable bonds is 3. The maximum atomic E-state index is 11.0. The molecule has 0 radical (unpaired) electrons. The second-order valence-electron chi connectivity index (χ2n) is 4.17. The molecule has 1 aromatic carbocycles. The van der Waals surface area contributed by atoms with E-state index in [4.69, 9.17) is 5.73 Å². The van der Waals surface area contributed by atoms with Crippen LogP contribution in [0.1, 0.15) is 16.7 Å². The normalized spacial score (nSPS) is 10.5. The Kier molecular flexibility index (Phi) is 3.40. The molecule has 0 spiro atoms. The fourth-order valence-electron chi connectivity index (χ4n) is 1.81. The highest BCUT2D eigenvalue weighted by atomic mass is 16.1. The molecule has 0 aliphatic carbocycles. The van der Waals surface area contributed by atoms with Gasteiger partial charge in [0.15, 0.2) is 5.43 Å². The molecule has 2 N–H and O–H groups in total. The molecule has 0 saturated heterocycles. The van der Waals surface area contributed by atoms with Crippen LogP contribution in [0.2, 0.25) is 0 Å². The summed E-state index contributed by atoms with van der Waals surface area (Å²) in [7, 11) is 0. The zero-order valence-corrected chi connectivity index (χ0v) is 9.89. The van der Waals surface area contributed by atoms with Crippen LogP contribution in [0, 0.1) is 6.92 Å². The fraction of sp³-hybridized carbons (Fsp3) is 0.214. The minimum Gasteiger partial charge on any atom is -0.350 e. The van der Waals surface area contributed by atoms with E-state index in [0.29, 0.717) is 6.54 Å². The van der Waals surface area contributed by atoms with Crippen LogP contribution < -0.4 is 11.2 Å². The van der Waals surface area contributed by atoms with E-state index in [1.807, 2.05) is 10.6 Å². The molecule has 0 saturated carbocycles. The summed E-state index contributed by atoms with van der Waals surface area (Å²) in [5, 5.41) is 0. The van der Waals surface area contributed by atoms with Gasteiger partial charge in [-0.25, -0.2) is 0 Å². The summed E-state index contributed by atoms with van der Waals surface area (Å²) >= 11 is 0. The average molecular weight is 228 g/mol. The number of pyridine rings is 1. The molecule has 0 unspecified atom stereocenters. The van der Waals surface area contributed by atoms with Gasteiger partial charge in [0.2, 0.25) is 0 Å². The Morgan fingerprint density at radius 2 is 1.88 bits per heavy atom. The third kappa shape index (κ3) is 2.82. The van der Waals surface area contributed by atoms with E-state index in [0.717, 1.165) is 12.1 Å². The molecule has 0 atom stereocenters. The molecule has 0 aliphatic rings. The Bertz CT molecular complexity index is 552. The van der Waals surface area contributed by atoms with Crippen molar-refractivity contribution in [3.8, 4) is 0 Å². The lowest BCUT2D eigenvalue weighted by Crippen LogP contribution is -2.06. The number of aromatic nitrogens is 1. The molecule has 88 valence electrons. The van der Waals surface area contributed by atoms with Gasteiger partial charge in [-0.1, -0.05) is 18.2 Å². The zero-order valence-electron chi connectivity index (χ0n) is 9.89. The highest BCUT2D eigenvalue weighted by Crippen LogP contribution is 2.12. The minimum atomic E-state index is 0.0384. The topological polar surface area (TPSA) is 48.0 Å². The molecule has 0 aliphatic heterocycles. The summed E-state index contributed by atoms with van der Waals surface area (Å²) < 4.78 is 1.99. The van der Waals surface area contributed by atoms with Gasteiger partial charge in [-0.3, -0.25) is 4.79 Å². The largest absolute Gasteiger partial charge is 0.350 e. The van der Waals surface area contributed by atoms with Crippen molar-refractivity contribution in [3.05, 3.63) is 69.6 Å². The molecule has 2 aromatic rings. The summed E-state index contributed by atoms with van der Waals surface area (Å²) in [6, 6.07) is 9.39. The highest BCUT2D eigenvalue weighted by molar-refractivity contribution is 5.31. The van der Waals surface area contributed by atoms with E-state index < -0.39 is 0 Å². The molecule has 1 aromatic heterocycles. The predicted molar refractivity (Wildman–Crippen MR) is 68.9 cm³/mol. The van der Waals surface area contributed by atoms with Crippen molar-refractivity contribution >= 4 is 0 Å². The molecule has 2 rings (SSSR count). The average Bonchev–Trinajstić information content (AvgIpc) is 2.34. The maximum absolute atomic E-state index is 11.0. The SMILES string of the molecule is Cc1cc(CN)ccc1Cn1ccc(=O)cc1. The number of nitrogens with two attached hydrogens (primary N) is 1. The second-order valence-corrected chi connectivity index (χ2v) is 4.17. The van der Waals surface area contributed by atoms with Crippen molar-refractivity contribution in [2.45, 2.75) is 20.0 Å². The summed E-state index contributed by atoms with van der Waals surface area (Å²) in [6.07, 6.45) is 3.61. The van der Waals surface area contributed by atoms with Gasteiger partial charge < -0.3 is 10.3 Å². The van der Waals surface area contributed by atoms with Gasteiger partial charge in [-0.15, -0.1) is 0 Å². The van der Waals surface area contributed by atoms with Crippen LogP contribution in [0.5, 0.6) is 0 Å². The smallest absolute Gasteiger partial charge is 0.181 e. The van der Waals surface area contributed by atoms with Crippen LogP contribution in [-0.4, -0.2) is 4.57 Å². The van der Waals surface area contributed by atoms with E-state index in [2.05, 4.69) is 19.1 Å². The minimum absolute atomic E-state index is 0.0384. The lowest BCUT2D eigenvalue weighted by molar-refractivity contribution is 0.783. The van der Waals surface area contributed by atoms with Gasteiger partial charge in [0.25, 0.3) is 0 Å². The number of nitrogens with zero attached hydrogens (tertiary/aromatic N) is 1. The summed E-state index contributed by atoms with van der Waals surface area (Å²) in [5.74, 6) is 0. The molecular formula is C14H16N2O. The van der Waals surface area contributed by atoms with Crippen LogP contribution in [0.3, 0.4) is 0 Å². The predicted octanol–water partition coefficient (Wildman–Crippen LogP) is 1.66. The summed E-state index contributed by atoms with van der Waals surface area (Å²) in [4.78, 5) is 11.0. The Morgan fingerprint density at radius 3 is 2.47 bits per heavy atom. The summed E-state index contributed by atoms with van der Waals surface area (Å²) in [6.45, 7) is 3.42. The molecule has 0 fully saturated rings. The first-order chi connectivity index (χ1) is 8.19. The second kappa shape index (κ2) is 4.97. The standard InChI is InChI=1S/C14H16N2O/c1-11-8-12(9-15)2-3-13(11)10-16-6-4-14(17)5-7-16/h2-8H,9-10,15H2,1H3. The van der Waals surface area contributed by atoms with Gasteiger partial charge in [0, 0.05) is 37.6 Å². The number of benzene rings is 1. The monoisotopic (exact) mass is 228 g/mol. The van der Waals surface area contributed by atoms with Gasteiger partial charge in [-0.05, 0) is 23.6 Å². The van der Waals surface area contributed by atoms with E-state index in [9.17, 15) is 4.79 Å². The van der Waals surface area contributed by atoms with Crippen molar-refractivity contribution in [3.63, 3.8) is 0 Å². The van der Waals surface area contributed by atoms with Crippen LogP contribution in [0.25, 0.3) is 0 Å². The lowest BCUT2D eigenvalue weighted by Gasteiger charge is -2.10. The summed E-state index contributed by atoms with van der Waals surface area (Å²) in [5.41, 5.74) is 9.25. The highest BCUT2D eigenvalue weighted by Gasteiger charge is 2.00. The number of hydrogen-bond acceptors (Lipinski definition) is 2. The van der Waals surface area contributed by atoms with Gasteiger partial charge in [0.1, 0.15) is 0 Å². The van der Waals surface area contributed by atoms with Crippen LogP contribution in [-0.2, 0) is 13.1 Å². The molecule has 0 bridgehead atoms. The first kappa shape index (κ1) is 11.6. The fourth-order valence-corrected chi connectivity index (χ4v) is 1.81. The number of aryl methyl sites for hydroxylation is 1. The molecule has 0 amide bonds. The van der Waals surface area contributed by atoms with Crippen LogP contribution in [0.15, 0.2) is 47.5 Å². The Balaban J connectivity index is 2.24. The van der Waals surface area contributed by atoms with E-state index >= 15 is 0 Å².